The third-order valence-electron chi connectivity index (χ3n) is 2.99. The molecule has 1 rings (SSSR count). The van der Waals surface area contributed by atoms with Crippen LogP contribution in [-0.2, 0) is 9.53 Å². The summed E-state index contributed by atoms with van der Waals surface area (Å²) in [4.78, 5) is 24.4. The Balaban J connectivity index is 2.77. The van der Waals surface area contributed by atoms with E-state index in [1.807, 2.05) is 34.6 Å². The molecule has 4 heteroatoms. The number of likely N-dealkylation sites (tertiary alicyclic amines) is 1. The zero-order valence-electron chi connectivity index (χ0n) is 10.7. The van der Waals surface area contributed by atoms with Crippen molar-refractivity contribution in [1.82, 2.24) is 4.90 Å². The third-order valence-corrected chi connectivity index (χ3v) is 2.99. The van der Waals surface area contributed by atoms with Gasteiger partial charge in [-0.3, -0.25) is 4.90 Å². The molecule has 0 spiro atoms. The Labute approximate surface area is 96.9 Å². The second-order valence-corrected chi connectivity index (χ2v) is 5.54. The van der Waals surface area contributed by atoms with E-state index < -0.39 is 5.60 Å². The maximum atomic E-state index is 11.9. The average molecular weight is 227 g/mol. The highest BCUT2D eigenvalue weighted by atomic mass is 16.6. The molecule has 1 amide bonds. The molecule has 0 aliphatic carbocycles. The van der Waals surface area contributed by atoms with E-state index in [1.165, 1.54) is 0 Å². The molecule has 0 saturated carbocycles. The van der Waals surface area contributed by atoms with E-state index >= 15 is 0 Å². The molecule has 3 atom stereocenters. The first kappa shape index (κ1) is 13.0. The zero-order chi connectivity index (χ0) is 12.5. The molecular formula is C12H21NO3. The van der Waals surface area contributed by atoms with Crippen molar-refractivity contribution in [3.8, 4) is 0 Å². The fourth-order valence-electron chi connectivity index (χ4n) is 2.01. The van der Waals surface area contributed by atoms with Gasteiger partial charge in [-0.1, -0.05) is 6.92 Å². The summed E-state index contributed by atoms with van der Waals surface area (Å²) in [6, 6.07) is -0.273. The summed E-state index contributed by atoms with van der Waals surface area (Å²) in [5.41, 5.74) is -0.518. The topological polar surface area (TPSA) is 46.6 Å². The molecule has 0 aromatic carbocycles. The molecule has 1 saturated heterocycles. The van der Waals surface area contributed by atoms with Gasteiger partial charge in [0.2, 0.25) is 0 Å². The molecule has 1 aliphatic heterocycles. The van der Waals surface area contributed by atoms with Gasteiger partial charge in [0.05, 0.1) is 6.04 Å². The molecule has 0 aromatic heterocycles. The van der Waals surface area contributed by atoms with E-state index in [1.54, 1.807) is 4.90 Å². The van der Waals surface area contributed by atoms with Crippen molar-refractivity contribution < 1.29 is 14.3 Å². The van der Waals surface area contributed by atoms with Crippen molar-refractivity contribution in [2.24, 2.45) is 5.92 Å². The maximum absolute atomic E-state index is 11.9. The van der Waals surface area contributed by atoms with Gasteiger partial charge < -0.3 is 9.53 Å². The van der Waals surface area contributed by atoms with Crippen LogP contribution >= 0.6 is 0 Å². The second-order valence-electron chi connectivity index (χ2n) is 5.54. The Bertz CT molecular complexity index is 282. The van der Waals surface area contributed by atoms with Crippen LogP contribution in [0.1, 0.15) is 41.0 Å². The van der Waals surface area contributed by atoms with Crippen LogP contribution in [0.25, 0.3) is 0 Å². The number of hydrogen-bond donors (Lipinski definition) is 0. The summed E-state index contributed by atoms with van der Waals surface area (Å²) in [7, 11) is 0. The van der Waals surface area contributed by atoms with Crippen LogP contribution in [0, 0.1) is 5.92 Å². The fraction of sp³-hybridized carbons (Fsp3) is 0.833. The number of aldehydes is 1. The van der Waals surface area contributed by atoms with Crippen molar-refractivity contribution in [2.75, 3.05) is 0 Å². The van der Waals surface area contributed by atoms with Gasteiger partial charge in [0.1, 0.15) is 11.9 Å². The minimum absolute atomic E-state index is 0.0602. The van der Waals surface area contributed by atoms with Crippen LogP contribution in [0.3, 0.4) is 0 Å². The molecule has 92 valence electrons. The molecule has 1 heterocycles. The SMILES string of the molecule is CC1C[C@@H](C=O)N(C(=O)OC(C)(C)C)[C@@H]1C. The standard InChI is InChI=1S/C12H21NO3/c1-8-6-10(7-14)13(9(8)2)11(15)16-12(3,4)5/h7-10H,6H2,1-5H3/t8?,9-,10+/m1/s1. The predicted octanol–water partition coefficient (Wildman–Crippen LogP) is 2.22. The van der Waals surface area contributed by atoms with Gasteiger partial charge >= 0.3 is 6.09 Å². The summed E-state index contributed by atoms with van der Waals surface area (Å²) >= 11 is 0. The Morgan fingerprint density at radius 1 is 1.38 bits per heavy atom. The third kappa shape index (κ3) is 2.74. The van der Waals surface area contributed by atoms with Gasteiger partial charge in [0, 0.05) is 6.04 Å². The first-order valence-electron chi connectivity index (χ1n) is 5.73. The number of nitrogens with zero attached hydrogens (tertiary/aromatic N) is 1. The van der Waals surface area contributed by atoms with E-state index in [4.69, 9.17) is 4.74 Å². The van der Waals surface area contributed by atoms with Crippen LogP contribution in [0.2, 0.25) is 0 Å². The van der Waals surface area contributed by atoms with Crippen molar-refractivity contribution in [3.05, 3.63) is 0 Å². The fourth-order valence-corrected chi connectivity index (χ4v) is 2.01. The monoisotopic (exact) mass is 227 g/mol. The van der Waals surface area contributed by atoms with Crippen LogP contribution in [0.15, 0.2) is 0 Å². The van der Waals surface area contributed by atoms with E-state index in [9.17, 15) is 9.59 Å². The van der Waals surface area contributed by atoms with Gasteiger partial charge in [-0.05, 0) is 40.0 Å². The van der Waals surface area contributed by atoms with Gasteiger partial charge in [-0.25, -0.2) is 4.79 Å². The maximum Gasteiger partial charge on any atom is 0.411 e. The molecule has 0 aromatic rings. The quantitative estimate of drug-likeness (QED) is 0.645. The van der Waals surface area contributed by atoms with E-state index in [0.717, 1.165) is 12.7 Å². The molecule has 0 bridgehead atoms. The molecule has 1 aliphatic rings. The first-order valence-corrected chi connectivity index (χ1v) is 5.73. The predicted molar refractivity (Wildman–Crippen MR) is 61.2 cm³/mol. The highest BCUT2D eigenvalue weighted by molar-refractivity contribution is 5.75. The largest absolute Gasteiger partial charge is 0.444 e. The van der Waals surface area contributed by atoms with Crippen LogP contribution in [0.5, 0.6) is 0 Å². The summed E-state index contributed by atoms with van der Waals surface area (Å²) in [6.07, 6.45) is 1.18. The molecule has 1 unspecified atom stereocenters. The smallest absolute Gasteiger partial charge is 0.411 e. The van der Waals surface area contributed by atoms with Crippen molar-refractivity contribution >= 4 is 12.4 Å². The number of ether oxygens (including phenoxy) is 1. The van der Waals surface area contributed by atoms with Gasteiger partial charge in [-0.15, -0.1) is 0 Å². The molecule has 0 radical (unpaired) electrons. The first-order chi connectivity index (χ1) is 7.26. The summed E-state index contributed by atoms with van der Waals surface area (Å²) < 4.78 is 5.30. The highest BCUT2D eigenvalue weighted by Gasteiger charge is 2.40. The normalized spacial score (nSPS) is 30.3. The Morgan fingerprint density at radius 2 is 1.94 bits per heavy atom. The lowest BCUT2D eigenvalue weighted by Crippen LogP contribution is -2.44. The number of hydrogen-bond acceptors (Lipinski definition) is 3. The van der Waals surface area contributed by atoms with E-state index in [2.05, 4.69) is 0 Å². The summed E-state index contributed by atoms with van der Waals surface area (Å²) in [5.74, 6) is 0.336. The number of rotatable bonds is 1. The lowest BCUT2D eigenvalue weighted by molar-refractivity contribution is -0.112. The van der Waals surface area contributed by atoms with Crippen molar-refractivity contribution in [2.45, 2.75) is 58.7 Å². The number of carbonyl (C=O) groups is 2. The second kappa shape index (κ2) is 4.44. The Morgan fingerprint density at radius 3 is 2.38 bits per heavy atom. The number of amides is 1. The molecule has 0 N–H and O–H groups in total. The van der Waals surface area contributed by atoms with E-state index in [-0.39, 0.29) is 18.2 Å². The van der Waals surface area contributed by atoms with Crippen LogP contribution in [-0.4, -0.2) is 35.0 Å². The molecule has 4 nitrogen and oxygen atoms in total. The lowest BCUT2D eigenvalue weighted by Gasteiger charge is -2.29. The van der Waals surface area contributed by atoms with E-state index in [0.29, 0.717) is 5.92 Å². The Hall–Kier alpha value is -1.06. The summed E-state index contributed by atoms with van der Waals surface area (Å²) in [5, 5.41) is 0. The van der Waals surface area contributed by atoms with Gasteiger partial charge in [0.25, 0.3) is 0 Å². The van der Waals surface area contributed by atoms with Crippen molar-refractivity contribution in [1.29, 1.82) is 0 Å². The Kier molecular flexibility index (Phi) is 3.61. The highest BCUT2D eigenvalue weighted by Crippen LogP contribution is 2.29. The van der Waals surface area contributed by atoms with Crippen molar-refractivity contribution in [3.63, 3.8) is 0 Å². The van der Waals surface area contributed by atoms with Crippen LogP contribution < -0.4 is 0 Å². The minimum atomic E-state index is -0.518. The summed E-state index contributed by atoms with van der Waals surface area (Å²) in [6.45, 7) is 9.48. The minimum Gasteiger partial charge on any atom is -0.444 e. The molecule has 1 fully saturated rings. The number of carbonyl (C=O) groups excluding carboxylic acids is 2. The average Bonchev–Trinajstić information content (AvgIpc) is 2.40. The van der Waals surface area contributed by atoms with Gasteiger partial charge in [0.15, 0.2) is 0 Å². The van der Waals surface area contributed by atoms with Gasteiger partial charge in [-0.2, -0.15) is 0 Å². The zero-order valence-corrected chi connectivity index (χ0v) is 10.7. The van der Waals surface area contributed by atoms with Crippen LogP contribution in [0.4, 0.5) is 4.79 Å². The molecule has 16 heavy (non-hydrogen) atoms. The lowest BCUT2D eigenvalue weighted by atomic mass is 10.0. The molecular weight excluding hydrogens is 206 g/mol.